The standard InChI is InChI=1S/C14H18F3N3O2/c1-8(2)11(20-13(18)22)12(21)19-7-9-4-3-5-10(6-9)14(15,16)17/h3-6,8,11H,7H2,1-2H3,(H,19,21)(H3,18,20,22). The van der Waals surface area contributed by atoms with Crippen LogP contribution in [0.4, 0.5) is 18.0 Å². The number of urea groups is 1. The number of hydrogen-bond donors (Lipinski definition) is 3. The molecule has 1 rings (SSSR count). The van der Waals surface area contributed by atoms with Crippen LogP contribution in [-0.4, -0.2) is 18.0 Å². The largest absolute Gasteiger partial charge is 0.416 e. The zero-order valence-electron chi connectivity index (χ0n) is 12.2. The molecule has 0 saturated carbocycles. The van der Waals surface area contributed by atoms with Gasteiger partial charge in [0.2, 0.25) is 5.91 Å². The Morgan fingerprint density at radius 2 is 1.91 bits per heavy atom. The van der Waals surface area contributed by atoms with Crippen molar-refractivity contribution in [3.8, 4) is 0 Å². The van der Waals surface area contributed by atoms with E-state index >= 15 is 0 Å². The van der Waals surface area contributed by atoms with Crippen LogP contribution in [0.15, 0.2) is 24.3 Å². The summed E-state index contributed by atoms with van der Waals surface area (Å²) in [7, 11) is 0. The lowest BCUT2D eigenvalue weighted by atomic mass is 10.0. The second-order valence-corrected chi connectivity index (χ2v) is 5.15. The van der Waals surface area contributed by atoms with E-state index in [0.29, 0.717) is 5.56 Å². The molecular formula is C14H18F3N3O2. The lowest BCUT2D eigenvalue weighted by molar-refractivity contribution is -0.137. The summed E-state index contributed by atoms with van der Waals surface area (Å²) in [5, 5.41) is 4.79. The topological polar surface area (TPSA) is 84.2 Å². The number of rotatable bonds is 5. The number of carbonyl (C=O) groups is 2. The highest BCUT2D eigenvalue weighted by Crippen LogP contribution is 2.29. The molecule has 0 radical (unpaired) electrons. The fourth-order valence-electron chi connectivity index (χ4n) is 1.84. The number of amides is 3. The third kappa shape index (κ3) is 5.27. The Kier molecular flexibility index (Phi) is 5.78. The van der Waals surface area contributed by atoms with Crippen LogP contribution in [-0.2, 0) is 17.5 Å². The molecule has 0 bridgehead atoms. The minimum Gasteiger partial charge on any atom is -0.352 e. The summed E-state index contributed by atoms with van der Waals surface area (Å²) in [6.07, 6.45) is -4.44. The first kappa shape index (κ1) is 17.8. The molecule has 1 atom stereocenters. The van der Waals surface area contributed by atoms with Crippen molar-refractivity contribution in [2.45, 2.75) is 32.6 Å². The average molecular weight is 317 g/mol. The van der Waals surface area contributed by atoms with Crippen LogP contribution in [0.5, 0.6) is 0 Å². The number of alkyl halides is 3. The van der Waals surface area contributed by atoms with Gasteiger partial charge in [-0.15, -0.1) is 0 Å². The van der Waals surface area contributed by atoms with Crippen molar-refractivity contribution in [2.24, 2.45) is 11.7 Å². The molecule has 0 aliphatic rings. The second kappa shape index (κ2) is 7.15. The van der Waals surface area contributed by atoms with Crippen LogP contribution in [0.2, 0.25) is 0 Å². The maximum atomic E-state index is 12.6. The SMILES string of the molecule is CC(C)C(NC(N)=O)C(=O)NCc1cccc(C(F)(F)F)c1. The fourth-order valence-corrected chi connectivity index (χ4v) is 1.84. The van der Waals surface area contributed by atoms with Crippen molar-refractivity contribution in [1.82, 2.24) is 10.6 Å². The molecule has 0 spiro atoms. The molecule has 0 fully saturated rings. The normalized spacial score (nSPS) is 12.8. The minimum atomic E-state index is -4.44. The Hall–Kier alpha value is -2.25. The van der Waals surface area contributed by atoms with Crippen LogP contribution in [0.25, 0.3) is 0 Å². The van der Waals surface area contributed by atoms with E-state index in [2.05, 4.69) is 10.6 Å². The van der Waals surface area contributed by atoms with Gasteiger partial charge in [-0.1, -0.05) is 26.0 Å². The van der Waals surface area contributed by atoms with Gasteiger partial charge in [0, 0.05) is 6.54 Å². The van der Waals surface area contributed by atoms with Crippen LogP contribution in [0, 0.1) is 5.92 Å². The van der Waals surface area contributed by atoms with Gasteiger partial charge in [0.05, 0.1) is 5.56 Å². The van der Waals surface area contributed by atoms with Gasteiger partial charge in [0.25, 0.3) is 0 Å². The summed E-state index contributed by atoms with van der Waals surface area (Å²) in [4.78, 5) is 22.8. The van der Waals surface area contributed by atoms with Gasteiger partial charge in [-0.2, -0.15) is 13.2 Å². The Labute approximate surface area is 126 Å². The van der Waals surface area contributed by atoms with Crippen molar-refractivity contribution in [3.05, 3.63) is 35.4 Å². The molecule has 0 aliphatic carbocycles. The Morgan fingerprint density at radius 1 is 1.27 bits per heavy atom. The van der Waals surface area contributed by atoms with E-state index in [1.807, 2.05) is 0 Å². The molecule has 3 amide bonds. The molecule has 1 aromatic rings. The minimum absolute atomic E-state index is 0.0770. The van der Waals surface area contributed by atoms with Crippen molar-refractivity contribution in [3.63, 3.8) is 0 Å². The van der Waals surface area contributed by atoms with Crippen molar-refractivity contribution in [2.75, 3.05) is 0 Å². The number of carbonyl (C=O) groups excluding carboxylic acids is 2. The molecule has 22 heavy (non-hydrogen) atoms. The van der Waals surface area contributed by atoms with Gasteiger partial charge in [0.1, 0.15) is 6.04 Å². The lowest BCUT2D eigenvalue weighted by Crippen LogP contribution is -2.51. The van der Waals surface area contributed by atoms with Crippen molar-refractivity contribution < 1.29 is 22.8 Å². The van der Waals surface area contributed by atoms with E-state index in [4.69, 9.17) is 5.73 Å². The Morgan fingerprint density at radius 3 is 2.41 bits per heavy atom. The van der Waals surface area contributed by atoms with Crippen molar-refractivity contribution >= 4 is 11.9 Å². The number of halogens is 3. The maximum Gasteiger partial charge on any atom is 0.416 e. The summed E-state index contributed by atoms with van der Waals surface area (Å²) in [5.74, 6) is -0.722. The third-order valence-corrected chi connectivity index (χ3v) is 2.97. The maximum absolute atomic E-state index is 12.6. The number of primary amides is 1. The van der Waals surface area contributed by atoms with E-state index in [-0.39, 0.29) is 12.5 Å². The van der Waals surface area contributed by atoms with Crippen LogP contribution < -0.4 is 16.4 Å². The van der Waals surface area contributed by atoms with Crippen LogP contribution in [0.3, 0.4) is 0 Å². The van der Waals surface area contributed by atoms with Crippen LogP contribution in [0.1, 0.15) is 25.0 Å². The molecule has 5 nitrogen and oxygen atoms in total. The third-order valence-electron chi connectivity index (χ3n) is 2.97. The Balaban J connectivity index is 2.72. The Bertz CT molecular complexity index is 544. The second-order valence-electron chi connectivity index (χ2n) is 5.15. The highest BCUT2D eigenvalue weighted by atomic mass is 19.4. The van der Waals surface area contributed by atoms with Crippen molar-refractivity contribution in [1.29, 1.82) is 0 Å². The van der Waals surface area contributed by atoms with Gasteiger partial charge in [0.15, 0.2) is 0 Å². The summed E-state index contributed by atoms with van der Waals surface area (Å²) >= 11 is 0. The molecule has 1 aromatic carbocycles. The number of benzene rings is 1. The first-order valence-corrected chi connectivity index (χ1v) is 6.61. The average Bonchev–Trinajstić information content (AvgIpc) is 2.41. The summed E-state index contributed by atoms with van der Waals surface area (Å²) in [5.41, 5.74) is 4.52. The van der Waals surface area contributed by atoms with E-state index in [1.54, 1.807) is 13.8 Å². The van der Waals surface area contributed by atoms with E-state index < -0.39 is 29.7 Å². The molecule has 4 N–H and O–H groups in total. The fraction of sp³-hybridized carbons (Fsp3) is 0.429. The van der Waals surface area contributed by atoms with Gasteiger partial charge in [-0.05, 0) is 23.6 Å². The number of nitrogens with two attached hydrogens (primary N) is 1. The monoisotopic (exact) mass is 317 g/mol. The van der Waals surface area contributed by atoms with E-state index in [1.165, 1.54) is 12.1 Å². The van der Waals surface area contributed by atoms with Gasteiger partial charge in [-0.3, -0.25) is 4.79 Å². The van der Waals surface area contributed by atoms with Gasteiger partial charge in [-0.25, -0.2) is 4.79 Å². The molecule has 122 valence electrons. The number of nitrogens with one attached hydrogen (secondary N) is 2. The molecular weight excluding hydrogens is 299 g/mol. The van der Waals surface area contributed by atoms with Gasteiger partial charge < -0.3 is 16.4 Å². The molecule has 1 unspecified atom stereocenters. The highest BCUT2D eigenvalue weighted by Gasteiger charge is 2.30. The van der Waals surface area contributed by atoms with E-state index in [9.17, 15) is 22.8 Å². The zero-order chi connectivity index (χ0) is 16.9. The quantitative estimate of drug-likeness (QED) is 0.776. The zero-order valence-corrected chi connectivity index (χ0v) is 12.2. The summed E-state index contributed by atoms with van der Waals surface area (Å²) in [6.45, 7) is 3.35. The first-order valence-electron chi connectivity index (χ1n) is 6.61. The molecule has 0 saturated heterocycles. The first-order chi connectivity index (χ1) is 10.1. The number of hydrogen-bond acceptors (Lipinski definition) is 2. The summed E-state index contributed by atoms with van der Waals surface area (Å²) in [6, 6.07) is 2.98. The van der Waals surface area contributed by atoms with E-state index in [0.717, 1.165) is 12.1 Å². The highest BCUT2D eigenvalue weighted by molar-refractivity contribution is 5.86. The smallest absolute Gasteiger partial charge is 0.352 e. The molecule has 0 aliphatic heterocycles. The van der Waals surface area contributed by atoms with Crippen LogP contribution >= 0.6 is 0 Å². The molecule has 0 heterocycles. The lowest BCUT2D eigenvalue weighted by Gasteiger charge is -2.20. The molecule has 8 heteroatoms. The summed E-state index contributed by atoms with van der Waals surface area (Å²) < 4.78 is 37.8. The molecule has 0 aromatic heterocycles. The predicted molar refractivity (Wildman–Crippen MR) is 74.6 cm³/mol. The van der Waals surface area contributed by atoms with Gasteiger partial charge >= 0.3 is 12.2 Å². The predicted octanol–water partition coefficient (Wildman–Crippen LogP) is 2.01.